The van der Waals surface area contributed by atoms with Gasteiger partial charge in [-0.2, -0.15) is 0 Å². The van der Waals surface area contributed by atoms with Gasteiger partial charge < -0.3 is 20.5 Å². The highest BCUT2D eigenvalue weighted by molar-refractivity contribution is 5.75. The molecule has 0 saturated heterocycles. The number of carbonyl (C=O) groups is 2. The van der Waals surface area contributed by atoms with E-state index in [1.54, 1.807) is 13.2 Å². The predicted octanol–water partition coefficient (Wildman–Crippen LogP) is 0.493. The molecule has 0 aliphatic rings. The van der Waals surface area contributed by atoms with Crippen LogP contribution in [0.1, 0.15) is 12.6 Å². The Labute approximate surface area is 117 Å². The molecule has 1 aromatic heterocycles. The second kappa shape index (κ2) is 7.44. The number of aliphatic carboxylic acids is 1. The van der Waals surface area contributed by atoms with Crippen LogP contribution in [0.2, 0.25) is 0 Å². The first-order chi connectivity index (χ1) is 9.41. The number of carboxylic acids is 1. The monoisotopic (exact) mass is 281 g/mol. The summed E-state index contributed by atoms with van der Waals surface area (Å²) in [5.74, 6) is -1.21. The number of nitrogens with two attached hydrogens (primary N) is 1. The van der Waals surface area contributed by atoms with Gasteiger partial charge >= 0.3 is 12.1 Å². The van der Waals surface area contributed by atoms with E-state index in [1.807, 2.05) is 18.2 Å². The van der Waals surface area contributed by atoms with Crippen molar-refractivity contribution in [3.8, 4) is 0 Å². The van der Waals surface area contributed by atoms with Crippen molar-refractivity contribution in [3.63, 3.8) is 0 Å². The maximum atomic E-state index is 11.7. The Bertz CT molecular complexity index is 452. The van der Waals surface area contributed by atoms with Gasteiger partial charge in [-0.1, -0.05) is 6.07 Å². The molecule has 1 amide bonds. The average Bonchev–Trinajstić information content (AvgIpc) is 2.44. The Hall–Kier alpha value is -2.15. The molecule has 3 N–H and O–H groups in total. The van der Waals surface area contributed by atoms with Crippen molar-refractivity contribution >= 4 is 12.1 Å². The molecule has 20 heavy (non-hydrogen) atoms. The first kappa shape index (κ1) is 15.9. The van der Waals surface area contributed by atoms with Crippen molar-refractivity contribution in [3.05, 3.63) is 30.1 Å². The molecule has 0 aromatic carbocycles. The van der Waals surface area contributed by atoms with Crippen LogP contribution in [0, 0.1) is 0 Å². The number of carbonyl (C=O) groups excluding carboxylic acids is 1. The van der Waals surface area contributed by atoms with Gasteiger partial charge in [-0.3, -0.25) is 9.78 Å². The molecule has 0 spiro atoms. The molecule has 1 aromatic rings. The Morgan fingerprint density at radius 1 is 1.50 bits per heavy atom. The zero-order valence-corrected chi connectivity index (χ0v) is 11.5. The van der Waals surface area contributed by atoms with Crippen LogP contribution in [0.5, 0.6) is 0 Å². The van der Waals surface area contributed by atoms with Crippen LogP contribution >= 0.6 is 0 Å². The van der Waals surface area contributed by atoms with Gasteiger partial charge in [-0.25, -0.2) is 4.79 Å². The molecular formula is C13H19N3O4. The van der Waals surface area contributed by atoms with Crippen molar-refractivity contribution in [1.82, 2.24) is 9.88 Å². The fourth-order valence-corrected chi connectivity index (χ4v) is 1.44. The van der Waals surface area contributed by atoms with Gasteiger partial charge in [0.25, 0.3) is 0 Å². The molecule has 1 heterocycles. The number of ether oxygens (including phenoxy) is 1. The largest absolute Gasteiger partial charge is 0.480 e. The summed E-state index contributed by atoms with van der Waals surface area (Å²) in [4.78, 5) is 27.9. The molecule has 110 valence electrons. The van der Waals surface area contributed by atoms with E-state index in [9.17, 15) is 9.59 Å². The van der Waals surface area contributed by atoms with E-state index in [0.717, 1.165) is 5.69 Å². The third-order valence-corrected chi connectivity index (χ3v) is 2.82. The maximum absolute atomic E-state index is 11.7. The minimum Gasteiger partial charge on any atom is -0.480 e. The third kappa shape index (κ3) is 4.85. The van der Waals surface area contributed by atoms with E-state index in [1.165, 1.54) is 11.8 Å². The summed E-state index contributed by atoms with van der Waals surface area (Å²) in [5.41, 5.74) is 6.23. The predicted molar refractivity (Wildman–Crippen MR) is 72.1 cm³/mol. The summed E-state index contributed by atoms with van der Waals surface area (Å²) in [6.45, 7) is 1.87. The number of aromatic nitrogens is 1. The van der Waals surface area contributed by atoms with E-state index < -0.39 is 24.2 Å². The van der Waals surface area contributed by atoms with Gasteiger partial charge in [0.2, 0.25) is 0 Å². The summed E-state index contributed by atoms with van der Waals surface area (Å²) >= 11 is 0. The second-order valence-electron chi connectivity index (χ2n) is 4.45. The molecule has 0 fully saturated rings. The molecule has 2 atom stereocenters. The Morgan fingerprint density at radius 3 is 2.75 bits per heavy atom. The van der Waals surface area contributed by atoms with Crippen LogP contribution < -0.4 is 5.73 Å². The number of rotatable bonds is 6. The van der Waals surface area contributed by atoms with E-state index in [-0.39, 0.29) is 0 Å². The Morgan fingerprint density at radius 2 is 2.20 bits per heavy atom. The topological polar surface area (TPSA) is 106 Å². The lowest BCUT2D eigenvalue weighted by atomic mass is 10.2. The third-order valence-electron chi connectivity index (χ3n) is 2.82. The van der Waals surface area contributed by atoms with Gasteiger partial charge in [0, 0.05) is 31.9 Å². The second-order valence-corrected chi connectivity index (χ2v) is 4.45. The van der Waals surface area contributed by atoms with Crippen LogP contribution in [0.15, 0.2) is 24.4 Å². The minimum atomic E-state index is -1.23. The van der Waals surface area contributed by atoms with Crippen LogP contribution in [-0.4, -0.2) is 52.8 Å². The average molecular weight is 281 g/mol. The minimum absolute atomic E-state index is 0.422. The van der Waals surface area contributed by atoms with E-state index in [0.29, 0.717) is 13.0 Å². The SMILES string of the molecule is C[C@@H](OC(=O)N(C)CCc1ccccn1)[C@H](N)C(=O)O. The molecule has 7 heteroatoms. The summed E-state index contributed by atoms with van der Waals surface area (Å²) in [6, 6.07) is 4.32. The summed E-state index contributed by atoms with van der Waals surface area (Å²) < 4.78 is 4.98. The maximum Gasteiger partial charge on any atom is 0.409 e. The normalized spacial score (nSPS) is 13.3. The molecule has 1 rings (SSSR count). The summed E-state index contributed by atoms with van der Waals surface area (Å²) in [5, 5.41) is 8.72. The van der Waals surface area contributed by atoms with E-state index in [2.05, 4.69) is 4.98 Å². The van der Waals surface area contributed by atoms with Crippen LogP contribution in [0.4, 0.5) is 4.79 Å². The van der Waals surface area contributed by atoms with E-state index in [4.69, 9.17) is 15.6 Å². The lowest BCUT2D eigenvalue weighted by molar-refractivity contribution is -0.141. The molecule has 7 nitrogen and oxygen atoms in total. The van der Waals surface area contributed by atoms with Crippen molar-refractivity contribution < 1.29 is 19.4 Å². The number of amides is 1. The highest BCUT2D eigenvalue weighted by Gasteiger charge is 2.24. The van der Waals surface area contributed by atoms with Crippen molar-refractivity contribution in [2.45, 2.75) is 25.5 Å². The smallest absolute Gasteiger partial charge is 0.409 e. The number of pyridine rings is 1. The standard InChI is InChI=1S/C13H19N3O4/c1-9(11(14)12(17)18)20-13(19)16(2)8-6-10-5-3-4-7-15-10/h3-5,7,9,11H,6,8,14H2,1-2H3,(H,17,18)/t9-,11+/m1/s1. The number of nitrogens with zero attached hydrogens (tertiary/aromatic N) is 2. The fraction of sp³-hybridized carbons (Fsp3) is 0.462. The first-order valence-corrected chi connectivity index (χ1v) is 6.22. The van der Waals surface area contributed by atoms with Crippen LogP contribution in [0.3, 0.4) is 0 Å². The van der Waals surface area contributed by atoms with Crippen molar-refractivity contribution in [2.75, 3.05) is 13.6 Å². The zero-order chi connectivity index (χ0) is 15.1. The highest BCUT2D eigenvalue weighted by Crippen LogP contribution is 2.03. The van der Waals surface area contributed by atoms with Gasteiger partial charge in [0.1, 0.15) is 12.1 Å². The molecular weight excluding hydrogens is 262 g/mol. The quantitative estimate of drug-likeness (QED) is 0.786. The molecule has 0 radical (unpaired) electrons. The summed E-state index contributed by atoms with van der Waals surface area (Å²) in [7, 11) is 1.57. The zero-order valence-electron chi connectivity index (χ0n) is 11.5. The number of hydrogen-bond donors (Lipinski definition) is 2. The van der Waals surface area contributed by atoms with Gasteiger partial charge in [-0.15, -0.1) is 0 Å². The van der Waals surface area contributed by atoms with E-state index >= 15 is 0 Å². The van der Waals surface area contributed by atoms with Crippen LogP contribution in [0.25, 0.3) is 0 Å². The highest BCUT2D eigenvalue weighted by atomic mass is 16.6. The Balaban J connectivity index is 2.41. The Kier molecular flexibility index (Phi) is 5.92. The van der Waals surface area contributed by atoms with Crippen molar-refractivity contribution in [2.24, 2.45) is 5.73 Å². The van der Waals surface area contributed by atoms with Crippen molar-refractivity contribution in [1.29, 1.82) is 0 Å². The molecule has 0 saturated carbocycles. The summed E-state index contributed by atoms with van der Waals surface area (Å²) in [6.07, 6.45) is 0.773. The fourth-order valence-electron chi connectivity index (χ4n) is 1.44. The number of likely N-dealkylation sites (N-methyl/N-ethyl adjacent to an activating group) is 1. The molecule has 0 bridgehead atoms. The van der Waals surface area contributed by atoms with Gasteiger partial charge in [0.05, 0.1) is 0 Å². The molecule has 0 unspecified atom stereocenters. The van der Waals surface area contributed by atoms with Gasteiger partial charge in [-0.05, 0) is 19.1 Å². The van der Waals surface area contributed by atoms with Crippen LogP contribution in [-0.2, 0) is 16.0 Å². The molecule has 0 aliphatic carbocycles. The lowest BCUT2D eigenvalue weighted by Gasteiger charge is -2.22. The lowest BCUT2D eigenvalue weighted by Crippen LogP contribution is -2.44. The van der Waals surface area contributed by atoms with Gasteiger partial charge in [0.15, 0.2) is 0 Å². The first-order valence-electron chi connectivity index (χ1n) is 6.22. The number of hydrogen-bond acceptors (Lipinski definition) is 5. The number of carboxylic acid groups (broad SMARTS) is 1. The molecule has 0 aliphatic heterocycles.